The number of nitrogens with one attached hydrogen (secondary N) is 1. The predicted octanol–water partition coefficient (Wildman–Crippen LogP) is 2.55. The summed E-state index contributed by atoms with van der Waals surface area (Å²) in [5.74, 6) is -1.60. The summed E-state index contributed by atoms with van der Waals surface area (Å²) >= 11 is 0. The minimum absolute atomic E-state index is 0.0555. The van der Waals surface area contributed by atoms with Gasteiger partial charge in [0.2, 0.25) is 0 Å². The Kier molecular flexibility index (Phi) is 3.48. The molecule has 0 radical (unpaired) electrons. The van der Waals surface area contributed by atoms with Crippen LogP contribution in [0.3, 0.4) is 0 Å². The Morgan fingerprint density at radius 1 is 1.28 bits per heavy atom. The van der Waals surface area contributed by atoms with Gasteiger partial charge in [-0.25, -0.2) is 8.78 Å². The minimum atomic E-state index is -0.800. The van der Waals surface area contributed by atoms with Gasteiger partial charge in [-0.05, 0) is 25.0 Å². The number of aliphatic hydroxyl groups is 1. The van der Waals surface area contributed by atoms with Crippen molar-refractivity contribution in [3.05, 3.63) is 29.3 Å². The lowest BCUT2D eigenvalue weighted by Crippen LogP contribution is -2.39. The highest BCUT2D eigenvalue weighted by Crippen LogP contribution is 2.34. The lowest BCUT2D eigenvalue weighted by Gasteiger charge is -2.29. The van der Waals surface area contributed by atoms with Crippen molar-refractivity contribution in [2.45, 2.75) is 31.2 Å². The lowest BCUT2D eigenvalue weighted by molar-refractivity contribution is 0.213. The van der Waals surface area contributed by atoms with Gasteiger partial charge in [-0.1, -0.05) is 12.8 Å². The Morgan fingerprint density at radius 2 is 1.83 bits per heavy atom. The average molecular weight is 252 g/mol. The van der Waals surface area contributed by atoms with Crippen LogP contribution < -0.4 is 5.32 Å². The molecule has 3 nitrogen and oxygen atoms in total. The van der Waals surface area contributed by atoms with Crippen LogP contribution in [0.2, 0.25) is 0 Å². The van der Waals surface area contributed by atoms with Crippen LogP contribution in [-0.4, -0.2) is 17.3 Å². The topological polar surface area (TPSA) is 56.0 Å². The number of aliphatic hydroxyl groups excluding tert-OH is 1. The Morgan fingerprint density at radius 3 is 2.28 bits per heavy atom. The molecule has 1 aromatic rings. The number of hydrogen-bond acceptors (Lipinski definition) is 3. The zero-order chi connectivity index (χ0) is 13.2. The molecule has 1 aliphatic rings. The van der Waals surface area contributed by atoms with Crippen molar-refractivity contribution in [1.82, 2.24) is 0 Å². The number of nitrogens with zero attached hydrogens (tertiary/aromatic N) is 1. The first kappa shape index (κ1) is 12.8. The molecule has 5 heteroatoms. The van der Waals surface area contributed by atoms with Gasteiger partial charge in [-0.3, -0.25) is 0 Å². The van der Waals surface area contributed by atoms with E-state index in [0.29, 0.717) is 12.8 Å². The first-order chi connectivity index (χ1) is 8.60. The summed E-state index contributed by atoms with van der Waals surface area (Å²) in [6.45, 7) is -0.161. The highest BCUT2D eigenvalue weighted by atomic mass is 19.1. The van der Waals surface area contributed by atoms with Crippen molar-refractivity contribution in [1.29, 1.82) is 5.26 Å². The van der Waals surface area contributed by atoms with Crippen LogP contribution in [0.4, 0.5) is 14.5 Å². The molecule has 18 heavy (non-hydrogen) atoms. The summed E-state index contributed by atoms with van der Waals surface area (Å²) in [4.78, 5) is 0. The summed E-state index contributed by atoms with van der Waals surface area (Å²) in [7, 11) is 0. The molecule has 0 bridgehead atoms. The number of benzene rings is 1. The second-order valence-electron chi connectivity index (χ2n) is 4.70. The molecule has 0 unspecified atom stereocenters. The van der Waals surface area contributed by atoms with Crippen molar-refractivity contribution < 1.29 is 13.9 Å². The Balaban J connectivity index is 2.32. The fraction of sp³-hybridized carbons (Fsp3) is 0.462. The van der Waals surface area contributed by atoms with E-state index < -0.39 is 17.2 Å². The summed E-state index contributed by atoms with van der Waals surface area (Å²) in [6, 6.07) is 3.68. The van der Waals surface area contributed by atoms with Gasteiger partial charge in [0.1, 0.15) is 5.69 Å². The van der Waals surface area contributed by atoms with E-state index in [0.717, 1.165) is 25.0 Å². The molecule has 1 saturated carbocycles. The third-order valence-electron chi connectivity index (χ3n) is 3.42. The van der Waals surface area contributed by atoms with E-state index in [1.807, 2.05) is 0 Å². The number of hydrogen-bond donors (Lipinski definition) is 2. The molecule has 2 rings (SSSR count). The molecule has 1 aliphatic carbocycles. The van der Waals surface area contributed by atoms with Gasteiger partial charge in [0.05, 0.1) is 23.8 Å². The first-order valence-corrected chi connectivity index (χ1v) is 5.88. The maximum absolute atomic E-state index is 13.7. The second kappa shape index (κ2) is 4.91. The van der Waals surface area contributed by atoms with Crippen molar-refractivity contribution >= 4 is 5.69 Å². The largest absolute Gasteiger partial charge is 0.394 e. The van der Waals surface area contributed by atoms with Crippen molar-refractivity contribution in [2.24, 2.45) is 0 Å². The van der Waals surface area contributed by atoms with Crippen molar-refractivity contribution in [2.75, 3.05) is 11.9 Å². The van der Waals surface area contributed by atoms with E-state index in [2.05, 4.69) is 5.32 Å². The molecule has 0 saturated heterocycles. The van der Waals surface area contributed by atoms with Gasteiger partial charge in [-0.2, -0.15) is 5.26 Å². The summed E-state index contributed by atoms with van der Waals surface area (Å²) in [6.07, 6.45) is 3.21. The maximum atomic E-state index is 13.7. The molecular formula is C13H14F2N2O. The highest BCUT2D eigenvalue weighted by molar-refractivity contribution is 5.52. The Labute approximate surface area is 104 Å². The fourth-order valence-electron chi connectivity index (χ4n) is 2.40. The third kappa shape index (κ3) is 2.29. The Hall–Kier alpha value is -1.67. The maximum Gasteiger partial charge on any atom is 0.150 e. The first-order valence-electron chi connectivity index (χ1n) is 5.88. The van der Waals surface area contributed by atoms with E-state index in [1.165, 1.54) is 0 Å². The molecule has 0 amide bonds. The van der Waals surface area contributed by atoms with E-state index in [9.17, 15) is 13.9 Å². The summed E-state index contributed by atoms with van der Waals surface area (Å²) < 4.78 is 27.4. The molecule has 1 fully saturated rings. The molecule has 96 valence electrons. The molecule has 0 aromatic heterocycles. The lowest BCUT2D eigenvalue weighted by atomic mass is 9.98. The number of rotatable bonds is 3. The van der Waals surface area contributed by atoms with E-state index in [-0.39, 0.29) is 17.9 Å². The molecule has 0 heterocycles. The van der Waals surface area contributed by atoms with Crippen LogP contribution in [0, 0.1) is 23.0 Å². The zero-order valence-corrected chi connectivity index (χ0v) is 9.84. The van der Waals surface area contributed by atoms with Crippen molar-refractivity contribution in [3.63, 3.8) is 0 Å². The summed E-state index contributed by atoms with van der Waals surface area (Å²) in [5, 5.41) is 20.8. The number of anilines is 1. The van der Waals surface area contributed by atoms with Gasteiger partial charge in [0, 0.05) is 0 Å². The van der Waals surface area contributed by atoms with Gasteiger partial charge in [0.15, 0.2) is 11.6 Å². The highest BCUT2D eigenvalue weighted by Gasteiger charge is 2.34. The van der Waals surface area contributed by atoms with Gasteiger partial charge >= 0.3 is 0 Å². The number of nitriles is 1. The minimum Gasteiger partial charge on any atom is -0.394 e. The van der Waals surface area contributed by atoms with Gasteiger partial charge in [0.25, 0.3) is 0 Å². The third-order valence-corrected chi connectivity index (χ3v) is 3.42. The zero-order valence-electron chi connectivity index (χ0n) is 9.84. The molecule has 0 atom stereocenters. The molecule has 1 aromatic carbocycles. The average Bonchev–Trinajstić information content (AvgIpc) is 2.83. The van der Waals surface area contributed by atoms with Gasteiger partial charge < -0.3 is 10.4 Å². The number of halogens is 2. The molecule has 0 spiro atoms. The van der Waals surface area contributed by atoms with E-state index in [1.54, 1.807) is 6.07 Å². The quantitative estimate of drug-likeness (QED) is 0.869. The SMILES string of the molecule is N#Cc1cc(F)c(NC2(CO)CCCC2)c(F)c1. The van der Waals surface area contributed by atoms with Crippen LogP contribution in [0.1, 0.15) is 31.2 Å². The smallest absolute Gasteiger partial charge is 0.150 e. The van der Waals surface area contributed by atoms with Crippen LogP contribution in [0.5, 0.6) is 0 Å². The molecule has 0 aliphatic heterocycles. The second-order valence-corrected chi connectivity index (χ2v) is 4.70. The van der Waals surface area contributed by atoms with Crippen molar-refractivity contribution in [3.8, 4) is 6.07 Å². The monoisotopic (exact) mass is 252 g/mol. The normalized spacial score (nSPS) is 17.4. The standard InChI is InChI=1S/C13H14F2N2O/c14-10-5-9(7-16)6-11(15)12(10)17-13(8-18)3-1-2-4-13/h5-6,17-18H,1-4,8H2. The molecule has 2 N–H and O–H groups in total. The van der Waals surface area contributed by atoms with Crippen LogP contribution in [0.25, 0.3) is 0 Å². The van der Waals surface area contributed by atoms with E-state index in [4.69, 9.17) is 5.26 Å². The van der Waals surface area contributed by atoms with Gasteiger partial charge in [-0.15, -0.1) is 0 Å². The Bertz CT molecular complexity index is 467. The van der Waals surface area contributed by atoms with E-state index >= 15 is 0 Å². The van der Waals surface area contributed by atoms with Crippen LogP contribution >= 0.6 is 0 Å². The summed E-state index contributed by atoms with van der Waals surface area (Å²) in [5.41, 5.74) is -0.958. The predicted molar refractivity (Wildman–Crippen MR) is 63.0 cm³/mol. The molecular weight excluding hydrogens is 238 g/mol. The van der Waals surface area contributed by atoms with Crippen LogP contribution in [0.15, 0.2) is 12.1 Å². The fourth-order valence-corrected chi connectivity index (χ4v) is 2.40. The van der Waals surface area contributed by atoms with Crippen LogP contribution in [-0.2, 0) is 0 Å².